The van der Waals surface area contributed by atoms with Crippen LogP contribution < -0.4 is 5.14 Å². The van der Waals surface area contributed by atoms with Gasteiger partial charge in [-0.2, -0.15) is 9.78 Å². The summed E-state index contributed by atoms with van der Waals surface area (Å²) in [5, 5.41) is 8.56. The normalized spacial score (nSPS) is 20.9. The summed E-state index contributed by atoms with van der Waals surface area (Å²) in [6.45, 7) is 0. The number of hydrogen-bond acceptors (Lipinski definition) is 3. The number of benzene rings is 1. The Labute approximate surface area is 152 Å². The van der Waals surface area contributed by atoms with Gasteiger partial charge in [-0.25, -0.2) is 13.6 Å². The minimum absolute atomic E-state index is 0.110. The zero-order valence-electron chi connectivity index (χ0n) is 13.0. The van der Waals surface area contributed by atoms with Crippen LogP contribution in [0.25, 0.3) is 5.57 Å². The second kappa shape index (κ2) is 6.26. The first-order valence-electron chi connectivity index (χ1n) is 7.25. The van der Waals surface area contributed by atoms with Gasteiger partial charge >= 0.3 is 6.30 Å². The first-order chi connectivity index (χ1) is 12.0. The maximum Gasteiger partial charge on any atom is 0.504 e. The molecule has 0 fully saturated rings. The van der Waals surface area contributed by atoms with Crippen molar-refractivity contribution >= 4 is 27.2 Å². The van der Waals surface area contributed by atoms with E-state index in [9.17, 15) is 21.6 Å². The maximum atomic E-state index is 13.3. The van der Waals surface area contributed by atoms with Crippen LogP contribution in [-0.2, 0) is 21.2 Å². The van der Waals surface area contributed by atoms with Crippen molar-refractivity contribution in [2.45, 2.75) is 22.5 Å². The topological polar surface area (TPSA) is 78.0 Å². The van der Waals surface area contributed by atoms with E-state index in [0.717, 1.165) is 12.3 Å². The zero-order valence-corrected chi connectivity index (χ0v) is 14.6. The number of sulfonamides is 1. The molecule has 26 heavy (non-hydrogen) atoms. The van der Waals surface area contributed by atoms with Gasteiger partial charge in [0.25, 0.3) is 0 Å². The van der Waals surface area contributed by atoms with Gasteiger partial charge in [0.05, 0.1) is 10.6 Å². The van der Waals surface area contributed by atoms with Crippen LogP contribution in [0.2, 0.25) is 0 Å². The SMILES string of the molecule is NS(=O)(=O)c1ccccc1C1=CC=[C]CC1(Cl)c1ccnn1C(F)(F)F. The number of primary sulfonamides is 1. The summed E-state index contributed by atoms with van der Waals surface area (Å²) in [5.41, 5.74) is -0.0612. The standard InChI is InChI=1S/C16H12ClF3N3O2S/c17-15(14-8-10-22-23(14)16(18,19)20)9-4-3-6-12(15)11-5-1-2-7-13(11)26(21,24)25/h1-3,5-8,10H,9H2,(H2,21,24,25). The van der Waals surface area contributed by atoms with Gasteiger partial charge in [-0.05, 0) is 29.3 Å². The lowest BCUT2D eigenvalue weighted by Crippen LogP contribution is -2.31. The van der Waals surface area contributed by atoms with E-state index in [0.29, 0.717) is 0 Å². The number of nitrogens with zero attached hydrogens (tertiary/aromatic N) is 2. The molecular weight excluding hydrogens is 391 g/mol. The molecule has 1 aromatic heterocycles. The average Bonchev–Trinajstić information content (AvgIpc) is 3.05. The predicted octanol–water partition coefficient (Wildman–Crippen LogP) is 3.29. The minimum Gasteiger partial charge on any atom is -0.225 e. The van der Waals surface area contributed by atoms with Crippen molar-refractivity contribution in [2.24, 2.45) is 5.14 Å². The van der Waals surface area contributed by atoms with Crippen molar-refractivity contribution < 1.29 is 21.6 Å². The summed E-state index contributed by atoms with van der Waals surface area (Å²) in [6, 6.07) is 6.86. The molecule has 1 heterocycles. The first kappa shape index (κ1) is 18.7. The van der Waals surface area contributed by atoms with E-state index >= 15 is 0 Å². The van der Waals surface area contributed by atoms with E-state index in [1.165, 1.54) is 30.4 Å². The number of aromatic nitrogens is 2. The first-order valence-corrected chi connectivity index (χ1v) is 9.18. The highest BCUT2D eigenvalue weighted by Crippen LogP contribution is 2.49. The van der Waals surface area contributed by atoms with Crippen LogP contribution in [0.4, 0.5) is 13.2 Å². The highest BCUT2D eigenvalue weighted by Gasteiger charge is 2.44. The summed E-state index contributed by atoms with van der Waals surface area (Å²) in [6.07, 6.45) is 1.76. The van der Waals surface area contributed by atoms with Crippen LogP contribution in [0.1, 0.15) is 17.7 Å². The van der Waals surface area contributed by atoms with Crippen LogP contribution >= 0.6 is 11.6 Å². The minimum atomic E-state index is -4.79. The van der Waals surface area contributed by atoms with E-state index in [2.05, 4.69) is 11.2 Å². The summed E-state index contributed by atoms with van der Waals surface area (Å²) >= 11 is 6.63. The van der Waals surface area contributed by atoms with Crippen LogP contribution in [0.15, 0.2) is 53.6 Å². The smallest absolute Gasteiger partial charge is 0.225 e. The fourth-order valence-corrected chi connectivity index (χ4v) is 3.98. The van der Waals surface area contributed by atoms with E-state index < -0.39 is 21.2 Å². The van der Waals surface area contributed by atoms with E-state index in [1.54, 1.807) is 6.07 Å². The van der Waals surface area contributed by atoms with Crippen molar-refractivity contribution in [3.8, 4) is 0 Å². The van der Waals surface area contributed by atoms with E-state index in [1.807, 2.05) is 0 Å². The predicted molar refractivity (Wildman–Crippen MR) is 89.3 cm³/mol. The molecule has 137 valence electrons. The average molecular weight is 403 g/mol. The Bertz CT molecular complexity index is 1010. The highest BCUT2D eigenvalue weighted by atomic mass is 35.5. The Morgan fingerprint density at radius 1 is 1.27 bits per heavy atom. The lowest BCUT2D eigenvalue weighted by atomic mass is 9.83. The molecule has 0 spiro atoms. The van der Waals surface area contributed by atoms with Crippen molar-refractivity contribution in [2.75, 3.05) is 0 Å². The molecule has 1 aliphatic rings. The zero-order chi connectivity index (χ0) is 19.2. The summed E-state index contributed by atoms with van der Waals surface area (Å²) in [4.78, 5) is -1.95. The van der Waals surface area contributed by atoms with Crippen molar-refractivity contribution in [1.82, 2.24) is 9.78 Å². The molecule has 0 amide bonds. The fraction of sp³-hybridized carbons (Fsp3) is 0.188. The van der Waals surface area contributed by atoms with Gasteiger partial charge in [0.15, 0.2) is 0 Å². The van der Waals surface area contributed by atoms with Gasteiger partial charge in [0.2, 0.25) is 10.0 Å². The van der Waals surface area contributed by atoms with Gasteiger partial charge in [0, 0.05) is 12.6 Å². The molecule has 1 radical (unpaired) electrons. The quantitative estimate of drug-likeness (QED) is 0.800. The molecule has 0 saturated heterocycles. The molecule has 0 bridgehead atoms. The van der Waals surface area contributed by atoms with Crippen LogP contribution in [0.3, 0.4) is 0 Å². The Morgan fingerprint density at radius 2 is 1.96 bits per heavy atom. The lowest BCUT2D eigenvalue weighted by molar-refractivity contribution is -0.214. The number of rotatable bonds is 3. The molecule has 1 aromatic carbocycles. The molecular formula is C16H12ClF3N3O2S. The van der Waals surface area contributed by atoms with Gasteiger partial charge in [0.1, 0.15) is 4.87 Å². The van der Waals surface area contributed by atoms with Crippen LogP contribution in [0, 0.1) is 6.08 Å². The second-order valence-corrected chi connectivity index (χ2v) is 7.74. The van der Waals surface area contributed by atoms with E-state index in [-0.39, 0.29) is 32.8 Å². The fourth-order valence-electron chi connectivity index (χ4n) is 2.84. The Hall–Kier alpha value is -2.10. The van der Waals surface area contributed by atoms with Crippen molar-refractivity contribution in [1.29, 1.82) is 0 Å². The molecule has 0 aliphatic heterocycles. The molecule has 0 saturated carbocycles. The second-order valence-electron chi connectivity index (χ2n) is 5.57. The van der Waals surface area contributed by atoms with Crippen LogP contribution in [0.5, 0.6) is 0 Å². The van der Waals surface area contributed by atoms with Gasteiger partial charge in [-0.15, -0.1) is 24.8 Å². The summed E-state index contributed by atoms with van der Waals surface area (Å²) < 4.78 is 63.5. The molecule has 5 nitrogen and oxygen atoms in total. The Kier molecular flexibility index (Phi) is 4.50. The van der Waals surface area contributed by atoms with Gasteiger partial charge in [-0.3, -0.25) is 0 Å². The van der Waals surface area contributed by atoms with Gasteiger partial charge < -0.3 is 0 Å². The number of alkyl halides is 4. The number of nitrogens with two attached hydrogens (primary N) is 1. The third-order valence-corrected chi connectivity index (χ3v) is 5.41. The Morgan fingerprint density at radius 3 is 2.62 bits per heavy atom. The number of allylic oxidation sites excluding steroid dienone is 4. The lowest BCUT2D eigenvalue weighted by Gasteiger charge is -2.32. The van der Waals surface area contributed by atoms with E-state index in [4.69, 9.17) is 16.7 Å². The van der Waals surface area contributed by atoms with Crippen molar-refractivity contribution in [3.63, 3.8) is 0 Å². The summed E-state index contributed by atoms with van der Waals surface area (Å²) in [7, 11) is -4.12. The molecule has 10 heteroatoms. The molecule has 1 unspecified atom stereocenters. The highest BCUT2D eigenvalue weighted by molar-refractivity contribution is 7.89. The molecule has 3 rings (SSSR count). The largest absolute Gasteiger partial charge is 0.504 e. The number of halogens is 4. The monoisotopic (exact) mass is 402 g/mol. The summed E-state index contributed by atoms with van der Waals surface area (Å²) in [5.74, 6) is 0. The molecule has 1 aliphatic carbocycles. The molecule has 2 N–H and O–H groups in total. The third kappa shape index (κ3) is 3.17. The molecule has 2 aromatic rings. The Balaban J connectivity index is 2.25. The third-order valence-electron chi connectivity index (χ3n) is 3.91. The van der Waals surface area contributed by atoms with Crippen molar-refractivity contribution in [3.05, 3.63) is 66.0 Å². The number of hydrogen-bond donors (Lipinski definition) is 1. The molecule has 1 atom stereocenters. The maximum absolute atomic E-state index is 13.3. The van der Waals surface area contributed by atoms with Gasteiger partial charge in [-0.1, -0.05) is 30.4 Å². The van der Waals surface area contributed by atoms with Crippen LogP contribution in [-0.4, -0.2) is 18.2 Å².